The number of aromatic hydroxyl groups is 1. The molecule has 1 aliphatic carbocycles. The SMILES string of the molecule is CCCCC(CC)CSc1nc2n(c(=O)n1)C(=Nc1cc(Cl)c(O)c(Cl)c1)C(c1ccccc1)=C2C(=O)OC1C(C)CC(C)CC1C. The third-order valence-corrected chi connectivity index (χ3v) is 10.8. The predicted molar refractivity (Wildman–Crippen MR) is 191 cm³/mol. The van der Waals surface area contributed by atoms with Crippen molar-refractivity contribution in [3.63, 3.8) is 0 Å². The number of carbonyl (C=O) groups is 1. The summed E-state index contributed by atoms with van der Waals surface area (Å²) in [6.07, 6.45) is 5.97. The third kappa shape index (κ3) is 7.79. The van der Waals surface area contributed by atoms with E-state index in [1.54, 1.807) is 0 Å². The number of allylic oxidation sites excluding steroid dienone is 1. The van der Waals surface area contributed by atoms with E-state index in [1.165, 1.54) is 28.5 Å². The molecule has 1 aromatic heterocycles. The first-order valence-corrected chi connectivity index (χ1v) is 18.2. The Morgan fingerprint density at radius 3 is 2.36 bits per heavy atom. The average molecular weight is 698 g/mol. The van der Waals surface area contributed by atoms with Crippen molar-refractivity contribution < 1.29 is 14.6 Å². The maximum atomic E-state index is 14.4. The molecule has 1 aliphatic heterocycles. The normalized spacial score (nSPS) is 22.4. The molecule has 3 atom stereocenters. The largest absolute Gasteiger partial charge is 0.505 e. The number of fused-ring (bicyclic) bond motifs is 1. The Kier molecular flexibility index (Phi) is 11.5. The summed E-state index contributed by atoms with van der Waals surface area (Å²) >= 11 is 13.9. The molecule has 1 fully saturated rings. The van der Waals surface area contributed by atoms with Gasteiger partial charge in [0.2, 0.25) is 0 Å². The van der Waals surface area contributed by atoms with Crippen LogP contribution in [0.5, 0.6) is 5.75 Å². The number of phenols is 1. The number of thioether (sulfide) groups is 1. The van der Waals surface area contributed by atoms with Crippen molar-refractivity contribution in [1.82, 2.24) is 14.5 Å². The number of hydrogen-bond donors (Lipinski definition) is 1. The highest BCUT2D eigenvalue weighted by atomic mass is 35.5. The van der Waals surface area contributed by atoms with Crippen LogP contribution in [0.1, 0.15) is 84.5 Å². The zero-order valence-corrected chi connectivity index (χ0v) is 29.8. The van der Waals surface area contributed by atoms with Gasteiger partial charge in [-0.25, -0.2) is 24.1 Å². The molecule has 250 valence electrons. The number of nitrogens with zero attached hydrogens (tertiary/aromatic N) is 4. The lowest BCUT2D eigenvalue weighted by atomic mass is 9.75. The summed E-state index contributed by atoms with van der Waals surface area (Å²) in [6, 6.07) is 12.2. The molecule has 1 N–H and O–H groups in total. The lowest BCUT2D eigenvalue weighted by molar-refractivity contribution is -0.150. The van der Waals surface area contributed by atoms with E-state index in [-0.39, 0.29) is 56.7 Å². The van der Waals surface area contributed by atoms with E-state index in [2.05, 4.69) is 39.6 Å². The van der Waals surface area contributed by atoms with Crippen LogP contribution < -0.4 is 5.69 Å². The molecule has 1 saturated carbocycles. The summed E-state index contributed by atoms with van der Waals surface area (Å²) in [5.74, 6) is 1.53. The Hall–Kier alpha value is -3.14. The number of hydrogen-bond acceptors (Lipinski definition) is 8. The van der Waals surface area contributed by atoms with E-state index < -0.39 is 11.7 Å². The predicted octanol–water partition coefficient (Wildman–Crippen LogP) is 9.08. The van der Waals surface area contributed by atoms with Crippen LogP contribution in [0, 0.1) is 23.7 Å². The van der Waals surface area contributed by atoms with E-state index in [9.17, 15) is 14.7 Å². The van der Waals surface area contributed by atoms with Gasteiger partial charge in [-0.15, -0.1) is 0 Å². The number of phenolic OH excluding ortho intramolecular Hbond substituents is 1. The van der Waals surface area contributed by atoms with Crippen molar-refractivity contribution in [1.29, 1.82) is 0 Å². The maximum absolute atomic E-state index is 14.4. The molecular formula is C36H42Cl2N4O4S. The Balaban J connectivity index is 1.69. The second-order valence-electron chi connectivity index (χ2n) is 12.9. The van der Waals surface area contributed by atoms with Gasteiger partial charge >= 0.3 is 11.7 Å². The van der Waals surface area contributed by atoms with Crippen molar-refractivity contribution in [2.75, 3.05) is 5.75 Å². The van der Waals surface area contributed by atoms with E-state index in [0.29, 0.717) is 28.1 Å². The number of rotatable bonds is 11. The minimum absolute atomic E-state index is 0.00153. The first-order chi connectivity index (χ1) is 22.5. The highest BCUT2D eigenvalue weighted by molar-refractivity contribution is 7.99. The number of unbranched alkanes of at least 4 members (excludes halogenated alkanes) is 1. The molecule has 8 nitrogen and oxygen atoms in total. The molecule has 2 aromatic carbocycles. The first kappa shape index (κ1) is 35.2. The Morgan fingerprint density at radius 1 is 1.09 bits per heavy atom. The second-order valence-corrected chi connectivity index (χ2v) is 14.7. The zero-order chi connectivity index (χ0) is 33.8. The molecule has 2 heterocycles. The fourth-order valence-electron chi connectivity index (χ4n) is 6.76. The highest BCUT2D eigenvalue weighted by Crippen LogP contribution is 2.41. The van der Waals surface area contributed by atoms with Gasteiger partial charge in [0.25, 0.3) is 0 Å². The Bertz CT molecular complexity index is 1710. The van der Waals surface area contributed by atoms with Crippen LogP contribution in [0.2, 0.25) is 10.0 Å². The van der Waals surface area contributed by atoms with E-state index in [1.807, 2.05) is 30.3 Å². The molecule has 2 aliphatic rings. The Morgan fingerprint density at radius 2 is 1.74 bits per heavy atom. The van der Waals surface area contributed by atoms with Crippen molar-refractivity contribution in [3.05, 3.63) is 74.4 Å². The van der Waals surface area contributed by atoms with Gasteiger partial charge in [0.15, 0.2) is 22.6 Å². The van der Waals surface area contributed by atoms with Crippen LogP contribution in [0.4, 0.5) is 5.69 Å². The Labute approximate surface area is 290 Å². The van der Waals surface area contributed by atoms with Crippen molar-refractivity contribution >= 4 is 63.6 Å². The highest BCUT2D eigenvalue weighted by Gasteiger charge is 2.40. The molecule has 0 amide bonds. The average Bonchev–Trinajstić information content (AvgIpc) is 3.36. The van der Waals surface area contributed by atoms with Gasteiger partial charge < -0.3 is 9.84 Å². The molecule has 0 radical (unpaired) electrons. The molecule has 3 aromatic rings. The lowest BCUT2D eigenvalue weighted by Gasteiger charge is -2.37. The summed E-state index contributed by atoms with van der Waals surface area (Å²) in [6.45, 7) is 10.8. The maximum Gasteiger partial charge on any atom is 0.357 e. The van der Waals surface area contributed by atoms with Crippen LogP contribution in [-0.2, 0) is 9.53 Å². The van der Waals surface area contributed by atoms with Gasteiger partial charge in [0.05, 0.1) is 15.7 Å². The summed E-state index contributed by atoms with van der Waals surface area (Å²) in [7, 11) is 0. The van der Waals surface area contributed by atoms with Crippen LogP contribution in [-0.4, -0.2) is 43.3 Å². The minimum atomic E-state index is -0.613. The molecule has 3 unspecified atom stereocenters. The van der Waals surface area contributed by atoms with Crippen LogP contribution in [0.3, 0.4) is 0 Å². The fraction of sp³-hybridized carbons (Fsp3) is 0.472. The smallest absolute Gasteiger partial charge is 0.357 e. The van der Waals surface area contributed by atoms with Crippen molar-refractivity contribution in [2.24, 2.45) is 28.7 Å². The fourth-order valence-corrected chi connectivity index (χ4v) is 8.32. The first-order valence-electron chi connectivity index (χ1n) is 16.4. The van der Waals surface area contributed by atoms with Gasteiger partial charge in [-0.3, -0.25) is 0 Å². The van der Waals surface area contributed by atoms with Crippen LogP contribution >= 0.6 is 35.0 Å². The summed E-state index contributed by atoms with van der Waals surface area (Å²) in [4.78, 5) is 42.4. The summed E-state index contributed by atoms with van der Waals surface area (Å²) < 4.78 is 7.60. The van der Waals surface area contributed by atoms with Gasteiger partial charge in [-0.2, -0.15) is 4.98 Å². The van der Waals surface area contributed by atoms with E-state index in [0.717, 1.165) is 44.3 Å². The van der Waals surface area contributed by atoms with E-state index >= 15 is 0 Å². The summed E-state index contributed by atoms with van der Waals surface area (Å²) in [5, 5.41) is 10.5. The monoisotopic (exact) mass is 696 g/mol. The number of benzene rings is 2. The number of aromatic nitrogens is 3. The zero-order valence-electron chi connectivity index (χ0n) is 27.5. The lowest BCUT2D eigenvalue weighted by Crippen LogP contribution is -2.37. The van der Waals surface area contributed by atoms with Gasteiger partial charge in [-0.05, 0) is 60.6 Å². The van der Waals surface area contributed by atoms with Crippen molar-refractivity contribution in [2.45, 2.75) is 84.4 Å². The number of esters is 1. The molecule has 0 spiro atoms. The summed E-state index contributed by atoms with van der Waals surface area (Å²) in [5.41, 5.74) is 0.861. The van der Waals surface area contributed by atoms with Crippen molar-refractivity contribution in [3.8, 4) is 5.75 Å². The van der Waals surface area contributed by atoms with Gasteiger partial charge in [0.1, 0.15) is 11.7 Å². The second kappa shape index (κ2) is 15.4. The quantitative estimate of drug-likeness (QED) is 0.157. The van der Waals surface area contributed by atoms with Crippen LogP contribution in [0.25, 0.3) is 11.1 Å². The molecule has 11 heteroatoms. The third-order valence-electron chi connectivity index (χ3n) is 9.11. The molecule has 47 heavy (non-hydrogen) atoms. The molecule has 0 bridgehead atoms. The molecule has 5 rings (SSSR count). The number of halogens is 2. The molecular weight excluding hydrogens is 655 g/mol. The van der Waals surface area contributed by atoms with Gasteiger partial charge in [0, 0.05) is 11.3 Å². The number of carbonyl (C=O) groups excluding carboxylic acids is 1. The standard InChI is InChI=1S/C36H42Cl2N4O4S/c1-6-8-12-23(7-2)19-47-35-40-33-29(34(44)46-31-21(4)15-20(3)16-22(31)5)28(24-13-10-9-11-14-24)32(42(33)36(45)41-35)39-25-17-26(37)30(43)27(38)18-25/h9-11,13-14,17-18,20-23,31,43H,6-8,12,15-16,19H2,1-5H3. The number of aliphatic imine (C=N–C) groups is 1. The minimum Gasteiger partial charge on any atom is -0.505 e. The van der Waals surface area contributed by atoms with E-state index in [4.69, 9.17) is 37.9 Å². The number of ether oxygens (including phenoxy) is 1. The van der Waals surface area contributed by atoms with Crippen LogP contribution in [0.15, 0.2) is 57.4 Å². The van der Waals surface area contributed by atoms with Gasteiger partial charge in [-0.1, -0.05) is 119 Å². The topological polar surface area (TPSA) is 107 Å². The molecule has 0 saturated heterocycles.